The monoisotopic (exact) mass is 425 g/mol. The van der Waals surface area contributed by atoms with Crippen molar-refractivity contribution in [3.63, 3.8) is 0 Å². The van der Waals surface area contributed by atoms with E-state index in [0.29, 0.717) is 50.4 Å². The molecule has 0 unspecified atom stereocenters. The zero-order valence-corrected chi connectivity index (χ0v) is 18.5. The van der Waals surface area contributed by atoms with Crippen molar-refractivity contribution in [2.24, 2.45) is 5.92 Å². The molecule has 8 nitrogen and oxygen atoms in total. The van der Waals surface area contributed by atoms with Crippen LogP contribution >= 0.6 is 0 Å². The van der Waals surface area contributed by atoms with E-state index in [9.17, 15) is 9.59 Å². The minimum atomic E-state index is -0.213. The Morgan fingerprint density at radius 2 is 2.06 bits per heavy atom. The first-order chi connectivity index (χ1) is 14.9. The molecule has 1 atom stereocenters. The Morgan fingerprint density at radius 1 is 1.26 bits per heavy atom. The predicted molar refractivity (Wildman–Crippen MR) is 118 cm³/mol. The Hall–Kier alpha value is -3.16. The highest BCUT2D eigenvalue weighted by molar-refractivity contribution is 5.94. The van der Waals surface area contributed by atoms with Crippen molar-refractivity contribution in [1.82, 2.24) is 25.0 Å². The number of nitrogens with zero attached hydrogens (tertiary/aromatic N) is 4. The second kappa shape index (κ2) is 10.2. The summed E-state index contributed by atoms with van der Waals surface area (Å²) in [5.74, 6) is 2.35. The van der Waals surface area contributed by atoms with E-state index in [1.54, 1.807) is 18.2 Å². The molecule has 0 aliphatic carbocycles. The molecule has 3 rings (SSSR count). The van der Waals surface area contributed by atoms with Crippen LogP contribution in [0.3, 0.4) is 0 Å². The zero-order chi connectivity index (χ0) is 22.4. The van der Waals surface area contributed by atoms with Gasteiger partial charge in [0.1, 0.15) is 18.2 Å². The Morgan fingerprint density at radius 3 is 2.77 bits per heavy atom. The molecule has 0 spiro atoms. The lowest BCUT2D eigenvalue weighted by Gasteiger charge is -2.23. The van der Waals surface area contributed by atoms with Crippen LogP contribution in [0.15, 0.2) is 36.9 Å². The Bertz CT molecular complexity index is 937. The highest BCUT2D eigenvalue weighted by atomic mass is 16.5. The number of hydrogen-bond donors (Lipinski definition) is 1. The number of hydrogen-bond acceptors (Lipinski definition) is 5. The van der Waals surface area contributed by atoms with Crippen LogP contribution in [-0.4, -0.2) is 51.2 Å². The van der Waals surface area contributed by atoms with Crippen molar-refractivity contribution in [3.05, 3.63) is 54.1 Å². The van der Waals surface area contributed by atoms with Crippen LogP contribution in [0.5, 0.6) is 5.75 Å². The van der Waals surface area contributed by atoms with E-state index in [-0.39, 0.29) is 23.8 Å². The third-order valence-corrected chi connectivity index (χ3v) is 5.37. The van der Waals surface area contributed by atoms with Crippen LogP contribution in [0.1, 0.15) is 55.2 Å². The summed E-state index contributed by atoms with van der Waals surface area (Å²) >= 11 is 0. The van der Waals surface area contributed by atoms with Crippen molar-refractivity contribution in [2.75, 3.05) is 19.7 Å². The Kier molecular flexibility index (Phi) is 7.44. The third-order valence-electron chi connectivity index (χ3n) is 5.37. The molecule has 2 amide bonds. The number of nitrogens with one attached hydrogen (secondary N) is 1. The summed E-state index contributed by atoms with van der Waals surface area (Å²) < 4.78 is 7.61. The summed E-state index contributed by atoms with van der Waals surface area (Å²) in [5, 5.41) is 11.8. The van der Waals surface area contributed by atoms with Crippen LogP contribution in [-0.2, 0) is 17.8 Å². The third kappa shape index (κ3) is 5.31. The first-order valence-corrected chi connectivity index (χ1v) is 10.8. The molecular formula is C23H31N5O3. The van der Waals surface area contributed by atoms with Crippen molar-refractivity contribution < 1.29 is 14.3 Å². The molecule has 2 aromatic rings. The van der Waals surface area contributed by atoms with E-state index in [4.69, 9.17) is 4.74 Å². The van der Waals surface area contributed by atoms with Gasteiger partial charge in [0.2, 0.25) is 5.91 Å². The maximum atomic E-state index is 13.1. The number of amides is 2. The second-order valence-electron chi connectivity index (χ2n) is 7.94. The lowest BCUT2D eigenvalue weighted by atomic mass is 10.0. The highest BCUT2D eigenvalue weighted by Crippen LogP contribution is 2.23. The number of rotatable bonds is 8. The number of benzene rings is 1. The molecule has 1 aromatic carbocycles. The van der Waals surface area contributed by atoms with Gasteiger partial charge in [-0.15, -0.1) is 10.2 Å². The fraction of sp³-hybridized carbons (Fsp3) is 0.478. The molecule has 1 aliphatic heterocycles. The molecule has 0 bridgehead atoms. The number of fused-ring (bicyclic) bond motifs is 1. The Balaban J connectivity index is 1.75. The van der Waals surface area contributed by atoms with Crippen molar-refractivity contribution in [2.45, 2.75) is 46.2 Å². The summed E-state index contributed by atoms with van der Waals surface area (Å²) in [7, 11) is 0. The SMILES string of the molecule is C=CCOc1cccc(C(=O)N2CCc3nnc([C@@H](NC(=O)CC)C(C)C)n3CC2)c1. The molecule has 0 radical (unpaired) electrons. The molecule has 0 fully saturated rings. The smallest absolute Gasteiger partial charge is 0.254 e. The van der Waals surface area contributed by atoms with Crippen molar-refractivity contribution >= 4 is 11.8 Å². The zero-order valence-electron chi connectivity index (χ0n) is 18.5. The van der Waals surface area contributed by atoms with Gasteiger partial charge in [0, 0.05) is 38.0 Å². The molecule has 0 saturated carbocycles. The van der Waals surface area contributed by atoms with Gasteiger partial charge in [-0.2, -0.15) is 0 Å². The maximum absolute atomic E-state index is 13.1. The van der Waals surface area contributed by atoms with Crippen LogP contribution in [0, 0.1) is 5.92 Å². The fourth-order valence-electron chi connectivity index (χ4n) is 3.64. The van der Waals surface area contributed by atoms with Gasteiger partial charge < -0.3 is 19.5 Å². The molecule has 1 aliphatic rings. The van der Waals surface area contributed by atoms with Gasteiger partial charge >= 0.3 is 0 Å². The van der Waals surface area contributed by atoms with Crippen LogP contribution in [0.2, 0.25) is 0 Å². The van der Waals surface area contributed by atoms with Crippen molar-refractivity contribution in [3.8, 4) is 5.75 Å². The van der Waals surface area contributed by atoms with Crippen LogP contribution < -0.4 is 10.1 Å². The average molecular weight is 426 g/mol. The quantitative estimate of drug-likeness (QED) is 0.657. The number of carbonyl (C=O) groups is 2. The standard InChI is InChI=1S/C23H31N5O3/c1-5-14-31-18-9-7-8-17(15-18)23(30)27-11-10-19-25-26-22(28(19)13-12-27)21(16(3)4)24-20(29)6-2/h5,7-9,15-16,21H,1,6,10-14H2,2-4H3,(H,24,29)/t21-/m0/s1. The molecule has 1 N–H and O–H groups in total. The minimum Gasteiger partial charge on any atom is -0.490 e. The topological polar surface area (TPSA) is 89.3 Å². The lowest BCUT2D eigenvalue weighted by molar-refractivity contribution is -0.121. The molecule has 0 saturated heterocycles. The van der Waals surface area contributed by atoms with E-state index < -0.39 is 0 Å². The largest absolute Gasteiger partial charge is 0.490 e. The normalized spacial score (nSPS) is 14.5. The molecule has 8 heteroatoms. The van der Waals surface area contributed by atoms with Gasteiger partial charge in [0.25, 0.3) is 5.91 Å². The van der Waals surface area contributed by atoms with E-state index in [0.717, 1.165) is 11.6 Å². The maximum Gasteiger partial charge on any atom is 0.254 e. The first kappa shape index (κ1) is 22.5. The summed E-state index contributed by atoms with van der Waals surface area (Å²) in [6.07, 6.45) is 2.70. The lowest BCUT2D eigenvalue weighted by Crippen LogP contribution is -2.35. The molecule has 31 heavy (non-hydrogen) atoms. The fourth-order valence-corrected chi connectivity index (χ4v) is 3.64. The number of aromatic nitrogens is 3. The first-order valence-electron chi connectivity index (χ1n) is 10.8. The highest BCUT2D eigenvalue weighted by Gasteiger charge is 2.28. The van der Waals surface area contributed by atoms with Gasteiger partial charge in [-0.1, -0.05) is 39.5 Å². The van der Waals surface area contributed by atoms with E-state index in [1.165, 1.54) is 0 Å². The van der Waals surface area contributed by atoms with E-state index in [2.05, 4.69) is 40.5 Å². The summed E-state index contributed by atoms with van der Waals surface area (Å²) in [6.45, 7) is 11.7. The molecule has 2 heterocycles. The molecule has 166 valence electrons. The molecular weight excluding hydrogens is 394 g/mol. The summed E-state index contributed by atoms with van der Waals surface area (Å²) in [4.78, 5) is 27.0. The van der Waals surface area contributed by atoms with E-state index in [1.807, 2.05) is 24.0 Å². The van der Waals surface area contributed by atoms with Crippen molar-refractivity contribution in [1.29, 1.82) is 0 Å². The number of ether oxygens (including phenoxy) is 1. The van der Waals surface area contributed by atoms with Gasteiger partial charge in [0.15, 0.2) is 5.82 Å². The van der Waals surface area contributed by atoms with E-state index >= 15 is 0 Å². The predicted octanol–water partition coefficient (Wildman–Crippen LogP) is 2.76. The number of carbonyl (C=O) groups excluding carboxylic acids is 2. The van der Waals surface area contributed by atoms with Gasteiger partial charge in [-0.25, -0.2) is 0 Å². The summed E-state index contributed by atoms with van der Waals surface area (Å²) in [5.41, 5.74) is 0.592. The van der Waals surface area contributed by atoms with Gasteiger partial charge in [-0.05, 0) is 24.1 Å². The molecule has 1 aromatic heterocycles. The second-order valence-corrected chi connectivity index (χ2v) is 7.94. The van der Waals surface area contributed by atoms with Gasteiger partial charge in [0.05, 0.1) is 6.04 Å². The Labute approximate surface area is 183 Å². The minimum absolute atomic E-state index is 0.0139. The summed E-state index contributed by atoms with van der Waals surface area (Å²) in [6, 6.07) is 6.99. The van der Waals surface area contributed by atoms with Crippen LogP contribution in [0.25, 0.3) is 0 Å². The average Bonchev–Trinajstić information content (AvgIpc) is 3.05. The van der Waals surface area contributed by atoms with Crippen LogP contribution in [0.4, 0.5) is 0 Å². The van der Waals surface area contributed by atoms with Gasteiger partial charge in [-0.3, -0.25) is 9.59 Å².